The Morgan fingerprint density at radius 3 is 2.61 bits per heavy atom. The van der Waals surface area contributed by atoms with Crippen LogP contribution >= 0.6 is 11.6 Å². The predicted molar refractivity (Wildman–Crippen MR) is 65.6 cm³/mol. The fourth-order valence-electron chi connectivity index (χ4n) is 1.05. The summed E-state index contributed by atoms with van der Waals surface area (Å²) in [7, 11) is 0. The average Bonchev–Trinajstić information content (AvgIpc) is 2.28. The van der Waals surface area contributed by atoms with E-state index in [1.54, 1.807) is 6.92 Å². The maximum atomic E-state index is 11.8. The topological polar surface area (TPSA) is 82.3 Å². The number of carbonyl (C=O) groups excluding carboxylic acids is 1. The molecule has 0 aliphatic rings. The van der Waals surface area contributed by atoms with Crippen LogP contribution in [0.5, 0.6) is 0 Å². The molecular formula is C11H13ClN2O4. The molecule has 0 bridgehead atoms. The first kappa shape index (κ1) is 14.4. The van der Waals surface area contributed by atoms with Crippen LogP contribution < -0.4 is 0 Å². The highest BCUT2D eigenvalue weighted by Crippen LogP contribution is 2.21. The molecule has 98 valence electrons. The maximum absolute atomic E-state index is 11.8. The van der Waals surface area contributed by atoms with E-state index in [9.17, 15) is 14.9 Å². The van der Waals surface area contributed by atoms with Crippen LogP contribution in [0.3, 0.4) is 0 Å². The fraction of sp³-hybridized carbons (Fsp3) is 0.455. The molecule has 0 radical (unpaired) electrons. The van der Waals surface area contributed by atoms with Crippen molar-refractivity contribution in [3.8, 4) is 0 Å². The van der Waals surface area contributed by atoms with Gasteiger partial charge in [-0.15, -0.1) is 0 Å². The average molecular weight is 273 g/mol. The van der Waals surface area contributed by atoms with Crippen molar-refractivity contribution in [2.45, 2.75) is 26.9 Å². The molecule has 1 heterocycles. The number of halogens is 1. The second kappa shape index (κ2) is 5.77. The van der Waals surface area contributed by atoms with Crippen molar-refractivity contribution in [2.75, 3.05) is 0 Å². The number of hydrogen-bond donors (Lipinski definition) is 0. The van der Waals surface area contributed by atoms with Gasteiger partial charge >= 0.3 is 5.97 Å². The molecule has 0 fully saturated rings. The largest absolute Gasteiger partial charge is 0.459 e. The summed E-state index contributed by atoms with van der Waals surface area (Å²) < 4.78 is 5.13. The minimum absolute atomic E-state index is 0.0987. The van der Waals surface area contributed by atoms with Crippen LogP contribution in [0.15, 0.2) is 12.3 Å². The highest BCUT2D eigenvalue weighted by molar-refractivity contribution is 6.32. The molecule has 0 spiro atoms. The van der Waals surface area contributed by atoms with E-state index in [1.165, 1.54) is 0 Å². The van der Waals surface area contributed by atoms with Crippen LogP contribution in [0.2, 0.25) is 5.15 Å². The highest BCUT2D eigenvalue weighted by atomic mass is 35.5. The normalized spacial score (nSPS) is 12.3. The lowest BCUT2D eigenvalue weighted by Gasteiger charge is -2.16. The van der Waals surface area contributed by atoms with Crippen LogP contribution in [-0.2, 0) is 4.74 Å². The fourth-order valence-corrected chi connectivity index (χ4v) is 1.23. The molecule has 0 saturated heterocycles. The number of ether oxygens (including phenoxy) is 1. The van der Waals surface area contributed by atoms with E-state index >= 15 is 0 Å². The number of nitro groups is 1. The van der Waals surface area contributed by atoms with Crippen molar-refractivity contribution < 1.29 is 14.5 Å². The molecule has 1 aromatic heterocycles. The monoisotopic (exact) mass is 272 g/mol. The highest BCUT2D eigenvalue weighted by Gasteiger charge is 2.21. The Bertz CT molecular complexity index is 476. The Kier molecular flexibility index (Phi) is 4.61. The van der Waals surface area contributed by atoms with Gasteiger partial charge in [0.15, 0.2) is 0 Å². The third-order valence-corrected chi connectivity index (χ3v) is 2.79. The van der Waals surface area contributed by atoms with Crippen molar-refractivity contribution in [3.63, 3.8) is 0 Å². The van der Waals surface area contributed by atoms with Crippen molar-refractivity contribution in [2.24, 2.45) is 5.92 Å². The van der Waals surface area contributed by atoms with Gasteiger partial charge in [-0.05, 0) is 12.8 Å². The van der Waals surface area contributed by atoms with E-state index in [2.05, 4.69) is 4.98 Å². The molecule has 1 rings (SSSR count). The molecule has 6 nitrogen and oxygen atoms in total. The first-order chi connectivity index (χ1) is 8.32. The van der Waals surface area contributed by atoms with Gasteiger partial charge in [0.1, 0.15) is 23.0 Å². The van der Waals surface area contributed by atoms with E-state index in [-0.39, 0.29) is 28.4 Å². The number of rotatable bonds is 4. The first-order valence-electron chi connectivity index (χ1n) is 5.33. The number of hydrogen-bond acceptors (Lipinski definition) is 5. The second-order valence-corrected chi connectivity index (χ2v) is 4.50. The third-order valence-electron chi connectivity index (χ3n) is 2.49. The van der Waals surface area contributed by atoms with E-state index in [1.807, 2.05) is 13.8 Å². The number of esters is 1. The summed E-state index contributed by atoms with van der Waals surface area (Å²) in [6.07, 6.45) is 0.679. The first-order valence-corrected chi connectivity index (χ1v) is 5.71. The van der Waals surface area contributed by atoms with Crippen molar-refractivity contribution in [1.82, 2.24) is 4.98 Å². The lowest BCUT2D eigenvalue weighted by molar-refractivity contribution is -0.385. The van der Waals surface area contributed by atoms with Gasteiger partial charge in [0.05, 0.1) is 4.92 Å². The van der Waals surface area contributed by atoms with E-state index in [0.717, 1.165) is 12.3 Å². The standard InChI is InChI=1S/C11H13ClN2O4/c1-6(2)7(3)18-11(15)9-4-8(14(16)17)5-13-10(9)12/h4-7H,1-3H3. The van der Waals surface area contributed by atoms with Crippen LogP contribution in [-0.4, -0.2) is 22.0 Å². The summed E-state index contributed by atoms with van der Waals surface area (Å²) in [6.45, 7) is 5.53. The Morgan fingerprint density at radius 2 is 2.11 bits per heavy atom. The third kappa shape index (κ3) is 3.40. The molecule has 0 aliphatic heterocycles. The lowest BCUT2D eigenvalue weighted by Crippen LogP contribution is -2.20. The van der Waals surface area contributed by atoms with Crippen molar-refractivity contribution >= 4 is 23.3 Å². The summed E-state index contributed by atoms with van der Waals surface area (Å²) in [6, 6.07) is 1.06. The van der Waals surface area contributed by atoms with Gasteiger partial charge in [0, 0.05) is 6.07 Å². The molecule has 0 aromatic carbocycles. The van der Waals surface area contributed by atoms with Crippen LogP contribution in [0.25, 0.3) is 0 Å². The Morgan fingerprint density at radius 1 is 1.50 bits per heavy atom. The molecule has 0 aliphatic carbocycles. The molecule has 0 N–H and O–H groups in total. The van der Waals surface area contributed by atoms with E-state index in [4.69, 9.17) is 16.3 Å². The molecular weight excluding hydrogens is 260 g/mol. The summed E-state index contributed by atoms with van der Waals surface area (Å²) >= 11 is 5.72. The van der Waals surface area contributed by atoms with Gasteiger partial charge in [-0.3, -0.25) is 10.1 Å². The van der Waals surface area contributed by atoms with Crippen LogP contribution in [0, 0.1) is 16.0 Å². The summed E-state index contributed by atoms with van der Waals surface area (Å²) in [5.74, 6) is -0.572. The number of nitrogens with zero attached hydrogens (tertiary/aromatic N) is 2. The molecule has 18 heavy (non-hydrogen) atoms. The molecule has 1 unspecified atom stereocenters. The van der Waals surface area contributed by atoms with E-state index in [0.29, 0.717) is 0 Å². The Balaban J connectivity index is 2.98. The molecule has 1 aromatic rings. The Hall–Kier alpha value is -1.69. The minimum Gasteiger partial charge on any atom is -0.459 e. The maximum Gasteiger partial charge on any atom is 0.341 e. The smallest absolute Gasteiger partial charge is 0.341 e. The van der Waals surface area contributed by atoms with Crippen molar-refractivity contribution in [3.05, 3.63) is 33.1 Å². The molecule has 0 saturated carbocycles. The lowest BCUT2D eigenvalue weighted by atomic mass is 10.1. The minimum atomic E-state index is -0.711. The SMILES string of the molecule is CC(C)C(C)OC(=O)c1cc([N+](=O)[O-])cnc1Cl. The van der Waals surface area contributed by atoms with Gasteiger partial charge in [-0.25, -0.2) is 9.78 Å². The number of carbonyl (C=O) groups is 1. The zero-order valence-corrected chi connectivity index (χ0v) is 11.0. The van der Waals surface area contributed by atoms with Crippen molar-refractivity contribution in [1.29, 1.82) is 0 Å². The zero-order valence-electron chi connectivity index (χ0n) is 10.2. The predicted octanol–water partition coefficient (Wildman–Crippen LogP) is 2.84. The van der Waals surface area contributed by atoms with Gasteiger partial charge in [0.25, 0.3) is 5.69 Å². The van der Waals surface area contributed by atoms with Gasteiger partial charge < -0.3 is 4.74 Å². The van der Waals surface area contributed by atoms with Crippen LogP contribution in [0.4, 0.5) is 5.69 Å². The van der Waals surface area contributed by atoms with E-state index < -0.39 is 10.9 Å². The summed E-state index contributed by atoms with van der Waals surface area (Å²) in [5, 5.41) is 10.5. The zero-order chi connectivity index (χ0) is 13.9. The van der Waals surface area contributed by atoms with Gasteiger partial charge in [-0.1, -0.05) is 25.4 Å². The second-order valence-electron chi connectivity index (χ2n) is 4.14. The summed E-state index contributed by atoms with van der Waals surface area (Å²) in [5.41, 5.74) is -0.401. The molecule has 0 amide bonds. The van der Waals surface area contributed by atoms with Gasteiger partial charge in [-0.2, -0.15) is 0 Å². The quantitative estimate of drug-likeness (QED) is 0.364. The molecule has 1 atom stereocenters. The summed E-state index contributed by atoms with van der Waals surface area (Å²) in [4.78, 5) is 25.3. The van der Waals surface area contributed by atoms with Crippen LogP contribution in [0.1, 0.15) is 31.1 Å². The number of pyridine rings is 1. The van der Waals surface area contributed by atoms with Gasteiger partial charge in [0.2, 0.25) is 0 Å². The number of aromatic nitrogens is 1. The molecule has 7 heteroatoms. The Labute approximate surface area is 109 Å².